The van der Waals surface area contributed by atoms with Crippen LogP contribution in [-0.4, -0.2) is 24.4 Å². The number of hydrogen-bond acceptors (Lipinski definition) is 1. The van der Waals surface area contributed by atoms with Crippen molar-refractivity contribution in [2.45, 2.75) is 45.4 Å². The summed E-state index contributed by atoms with van der Waals surface area (Å²) in [4.78, 5) is 13.1. The third-order valence-electron chi connectivity index (χ3n) is 4.88. The van der Waals surface area contributed by atoms with Gasteiger partial charge in [-0.2, -0.15) is 0 Å². The van der Waals surface area contributed by atoms with Gasteiger partial charge in [-0.1, -0.05) is 62.7 Å². The summed E-state index contributed by atoms with van der Waals surface area (Å²) >= 11 is 0. The van der Waals surface area contributed by atoms with Gasteiger partial charge in [-0.25, -0.2) is 4.39 Å². The molecule has 2 rings (SSSR count). The van der Waals surface area contributed by atoms with Gasteiger partial charge in [0, 0.05) is 19.2 Å². The first-order valence-corrected chi connectivity index (χ1v) is 9.80. The van der Waals surface area contributed by atoms with Gasteiger partial charge < -0.3 is 4.90 Å². The lowest BCUT2D eigenvalue weighted by atomic mass is 9.99. The predicted molar refractivity (Wildman–Crippen MR) is 111 cm³/mol. The van der Waals surface area contributed by atoms with E-state index in [2.05, 4.69) is 13.5 Å². The van der Waals surface area contributed by atoms with Crippen molar-refractivity contribution in [3.05, 3.63) is 72.1 Å². The molecule has 0 saturated heterocycles. The van der Waals surface area contributed by atoms with Crippen LogP contribution in [0.4, 0.5) is 4.39 Å². The van der Waals surface area contributed by atoms with Crippen molar-refractivity contribution in [2.75, 3.05) is 13.6 Å². The van der Waals surface area contributed by atoms with Crippen molar-refractivity contribution in [1.82, 2.24) is 4.90 Å². The van der Waals surface area contributed by atoms with Crippen LogP contribution in [0.25, 0.3) is 11.1 Å². The lowest BCUT2D eigenvalue weighted by Gasteiger charge is -2.14. The molecular formula is C24H30FNO. The summed E-state index contributed by atoms with van der Waals surface area (Å²) in [6, 6.07) is 13.6. The summed E-state index contributed by atoms with van der Waals surface area (Å²) < 4.78 is 14.5. The summed E-state index contributed by atoms with van der Waals surface area (Å²) in [7, 11) is 1.78. The standard InChI is InChI=1S/C24H30FNO/c1-4-6-7-9-20-13-16-22(23(25)18-20)21-14-11-19(12-15-21)10-8-17-26(3)24(27)5-2/h5,11-16,18H,2,4,6-10,17H2,1,3H3. The van der Waals surface area contributed by atoms with E-state index >= 15 is 0 Å². The molecule has 3 heteroatoms. The van der Waals surface area contributed by atoms with Crippen LogP contribution in [0, 0.1) is 5.82 Å². The fourth-order valence-electron chi connectivity index (χ4n) is 3.16. The number of carbonyl (C=O) groups is 1. The average molecular weight is 368 g/mol. The molecule has 0 aliphatic carbocycles. The van der Waals surface area contributed by atoms with Gasteiger partial charge in [-0.15, -0.1) is 0 Å². The van der Waals surface area contributed by atoms with Gasteiger partial charge in [-0.3, -0.25) is 4.79 Å². The van der Waals surface area contributed by atoms with E-state index in [1.54, 1.807) is 18.0 Å². The topological polar surface area (TPSA) is 20.3 Å². The van der Waals surface area contributed by atoms with Crippen LogP contribution in [0.2, 0.25) is 0 Å². The second kappa shape index (κ2) is 10.7. The average Bonchev–Trinajstić information content (AvgIpc) is 2.68. The normalized spacial score (nSPS) is 10.6. The summed E-state index contributed by atoms with van der Waals surface area (Å²) in [5.41, 5.74) is 3.81. The highest BCUT2D eigenvalue weighted by molar-refractivity contribution is 5.86. The summed E-state index contributed by atoms with van der Waals surface area (Å²) in [6.45, 7) is 6.36. The van der Waals surface area contributed by atoms with Crippen molar-refractivity contribution < 1.29 is 9.18 Å². The van der Waals surface area contributed by atoms with Crippen LogP contribution < -0.4 is 0 Å². The van der Waals surface area contributed by atoms with Crippen molar-refractivity contribution >= 4 is 5.91 Å². The molecular weight excluding hydrogens is 337 g/mol. The fourth-order valence-corrected chi connectivity index (χ4v) is 3.16. The van der Waals surface area contributed by atoms with Crippen LogP contribution in [-0.2, 0) is 17.6 Å². The largest absolute Gasteiger partial charge is 0.342 e. The Morgan fingerprint density at radius 2 is 1.70 bits per heavy atom. The number of unbranched alkanes of at least 4 members (excludes halogenated alkanes) is 2. The van der Waals surface area contributed by atoms with Crippen molar-refractivity contribution in [2.24, 2.45) is 0 Å². The molecule has 2 aromatic carbocycles. The molecule has 0 aliphatic rings. The number of nitrogens with zero attached hydrogens (tertiary/aromatic N) is 1. The Morgan fingerprint density at radius 1 is 1.04 bits per heavy atom. The van der Waals surface area contributed by atoms with E-state index in [4.69, 9.17) is 0 Å². The Kier molecular flexibility index (Phi) is 8.25. The third-order valence-corrected chi connectivity index (χ3v) is 4.88. The number of carbonyl (C=O) groups excluding carboxylic acids is 1. The molecule has 0 atom stereocenters. The van der Waals surface area contributed by atoms with Gasteiger partial charge in [0.2, 0.25) is 5.91 Å². The number of halogens is 1. The zero-order chi connectivity index (χ0) is 19.6. The third kappa shape index (κ3) is 6.35. The molecule has 0 spiro atoms. The first-order chi connectivity index (χ1) is 13.0. The quantitative estimate of drug-likeness (QED) is 0.384. The highest BCUT2D eigenvalue weighted by Gasteiger charge is 2.07. The van der Waals surface area contributed by atoms with Gasteiger partial charge in [0.15, 0.2) is 0 Å². The summed E-state index contributed by atoms with van der Waals surface area (Å²) in [5.74, 6) is -0.208. The Balaban J connectivity index is 1.94. The summed E-state index contributed by atoms with van der Waals surface area (Å²) in [5, 5.41) is 0. The van der Waals surface area contributed by atoms with Gasteiger partial charge in [0.1, 0.15) is 5.82 Å². The molecule has 144 valence electrons. The molecule has 0 saturated carbocycles. The lowest BCUT2D eigenvalue weighted by molar-refractivity contribution is -0.124. The number of hydrogen-bond donors (Lipinski definition) is 0. The molecule has 27 heavy (non-hydrogen) atoms. The van der Waals surface area contributed by atoms with Crippen LogP contribution >= 0.6 is 0 Å². The second-order valence-electron chi connectivity index (χ2n) is 7.04. The zero-order valence-corrected chi connectivity index (χ0v) is 16.5. The molecule has 0 aromatic heterocycles. The minimum absolute atomic E-state index is 0.0565. The van der Waals surface area contributed by atoms with Crippen LogP contribution in [0.5, 0.6) is 0 Å². The van der Waals surface area contributed by atoms with E-state index in [9.17, 15) is 9.18 Å². The Labute approximate surface area is 162 Å². The number of likely N-dealkylation sites (N-methyl/N-ethyl adjacent to an activating group) is 1. The Morgan fingerprint density at radius 3 is 2.33 bits per heavy atom. The van der Waals surface area contributed by atoms with E-state index in [0.29, 0.717) is 12.1 Å². The van der Waals surface area contributed by atoms with E-state index in [-0.39, 0.29) is 11.7 Å². The number of benzene rings is 2. The van der Waals surface area contributed by atoms with E-state index in [1.807, 2.05) is 36.4 Å². The first-order valence-electron chi connectivity index (χ1n) is 9.80. The molecule has 2 aromatic rings. The monoisotopic (exact) mass is 367 g/mol. The zero-order valence-electron chi connectivity index (χ0n) is 16.5. The molecule has 0 aliphatic heterocycles. The maximum absolute atomic E-state index is 14.5. The fraction of sp³-hybridized carbons (Fsp3) is 0.375. The Hall–Kier alpha value is -2.42. The van der Waals surface area contributed by atoms with Crippen LogP contribution in [0.15, 0.2) is 55.1 Å². The maximum Gasteiger partial charge on any atom is 0.245 e. The minimum Gasteiger partial charge on any atom is -0.342 e. The lowest BCUT2D eigenvalue weighted by Crippen LogP contribution is -2.25. The highest BCUT2D eigenvalue weighted by atomic mass is 19.1. The van der Waals surface area contributed by atoms with Gasteiger partial charge in [0.25, 0.3) is 0 Å². The van der Waals surface area contributed by atoms with E-state index < -0.39 is 0 Å². The molecule has 0 N–H and O–H groups in total. The van der Waals surface area contributed by atoms with Gasteiger partial charge in [-0.05, 0) is 54.5 Å². The number of aryl methyl sites for hydroxylation is 2. The van der Waals surface area contributed by atoms with E-state index in [0.717, 1.165) is 36.8 Å². The van der Waals surface area contributed by atoms with Crippen molar-refractivity contribution in [3.8, 4) is 11.1 Å². The van der Waals surface area contributed by atoms with Crippen molar-refractivity contribution in [1.29, 1.82) is 0 Å². The van der Waals surface area contributed by atoms with Gasteiger partial charge in [0.05, 0.1) is 0 Å². The molecule has 0 radical (unpaired) electrons. The van der Waals surface area contributed by atoms with Gasteiger partial charge >= 0.3 is 0 Å². The SMILES string of the molecule is C=CC(=O)N(C)CCCc1ccc(-c2ccc(CCCCC)cc2F)cc1. The predicted octanol–water partition coefficient (Wildman–Crippen LogP) is 5.80. The minimum atomic E-state index is -0.152. The molecule has 2 nitrogen and oxygen atoms in total. The molecule has 1 amide bonds. The molecule has 0 fully saturated rings. The van der Waals surface area contributed by atoms with Crippen molar-refractivity contribution in [3.63, 3.8) is 0 Å². The number of amides is 1. The van der Waals surface area contributed by atoms with E-state index in [1.165, 1.54) is 24.5 Å². The first kappa shape index (κ1) is 20.9. The summed E-state index contributed by atoms with van der Waals surface area (Å²) in [6.07, 6.45) is 7.50. The maximum atomic E-state index is 14.5. The molecule has 0 bridgehead atoms. The molecule has 0 heterocycles. The highest BCUT2D eigenvalue weighted by Crippen LogP contribution is 2.25. The second-order valence-corrected chi connectivity index (χ2v) is 7.04. The molecule has 0 unspecified atom stereocenters. The number of rotatable bonds is 10. The Bertz CT molecular complexity index is 751. The van der Waals surface area contributed by atoms with Crippen LogP contribution in [0.3, 0.4) is 0 Å². The van der Waals surface area contributed by atoms with Crippen LogP contribution in [0.1, 0.15) is 43.7 Å². The smallest absolute Gasteiger partial charge is 0.245 e.